The van der Waals surface area contributed by atoms with Crippen LogP contribution in [-0.2, 0) is 10.8 Å². The molecule has 0 aromatic heterocycles. The molecular formula is C19H25N3O3S. The van der Waals surface area contributed by atoms with Gasteiger partial charge in [0.25, 0.3) is 0 Å². The van der Waals surface area contributed by atoms with Gasteiger partial charge in [0.15, 0.2) is 5.96 Å². The van der Waals surface area contributed by atoms with Gasteiger partial charge in [0.05, 0.1) is 24.5 Å². The van der Waals surface area contributed by atoms with Crippen LogP contribution in [0.4, 0.5) is 0 Å². The second kappa shape index (κ2) is 11.1. The zero-order valence-corrected chi connectivity index (χ0v) is 15.9. The minimum absolute atomic E-state index is 0.503. The number of guanidine groups is 1. The van der Waals surface area contributed by atoms with Crippen molar-refractivity contribution in [2.45, 2.75) is 4.90 Å². The second-order valence-electron chi connectivity index (χ2n) is 5.31. The van der Waals surface area contributed by atoms with Crippen LogP contribution in [0.2, 0.25) is 0 Å². The van der Waals surface area contributed by atoms with Gasteiger partial charge in [-0.05, 0) is 36.4 Å². The molecule has 1 unspecified atom stereocenters. The summed E-state index contributed by atoms with van der Waals surface area (Å²) in [5, 5.41) is 6.32. The van der Waals surface area contributed by atoms with Crippen molar-refractivity contribution in [2.75, 3.05) is 39.6 Å². The summed E-state index contributed by atoms with van der Waals surface area (Å²) in [6.45, 7) is 1.68. The third-order valence-electron chi connectivity index (χ3n) is 3.53. The molecule has 0 radical (unpaired) electrons. The molecule has 6 nitrogen and oxygen atoms in total. The summed E-state index contributed by atoms with van der Waals surface area (Å²) in [6.07, 6.45) is 0. The predicted octanol–water partition coefficient (Wildman–Crippen LogP) is 2.05. The van der Waals surface area contributed by atoms with E-state index in [1.165, 1.54) is 0 Å². The molecule has 0 heterocycles. The molecule has 7 heteroatoms. The average Bonchev–Trinajstić information content (AvgIpc) is 2.70. The number of hydrogen-bond acceptors (Lipinski definition) is 4. The summed E-state index contributed by atoms with van der Waals surface area (Å²) in [5.74, 6) is 2.77. The van der Waals surface area contributed by atoms with E-state index in [-0.39, 0.29) is 0 Å². The monoisotopic (exact) mass is 375 g/mol. The van der Waals surface area contributed by atoms with Gasteiger partial charge >= 0.3 is 0 Å². The highest BCUT2D eigenvalue weighted by atomic mass is 32.2. The van der Waals surface area contributed by atoms with E-state index in [9.17, 15) is 4.21 Å². The number of aliphatic imine (C=N–C) groups is 1. The largest absolute Gasteiger partial charge is 0.497 e. The molecule has 0 fully saturated rings. The van der Waals surface area contributed by atoms with Crippen molar-refractivity contribution in [3.63, 3.8) is 0 Å². The number of hydrogen-bond donors (Lipinski definition) is 2. The van der Waals surface area contributed by atoms with Gasteiger partial charge < -0.3 is 20.1 Å². The van der Waals surface area contributed by atoms with Gasteiger partial charge in [0.1, 0.15) is 18.1 Å². The number of ether oxygens (including phenoxy) is 2. The zero-order valence-electron chi connectivity index (χ0n) is 15.1. The summed E-state index contributed by atoms with van der Waals surface area (Å²) in [6, 6.07) is 16.9. The third-order valence-corrected chi connectivity index (χ3v) is 4.91. The molecule has 2 aromatic carbocycles. The quantitative estimate of drug-likeness (QED) is 0.399. The summed E-state index contributed by atoms with van der Waals surface area (Å²) in [4.78, 5) is 4.99. The molecule has 0 aliphatic carbocycles. The number of nitrogens with one attached hydrogen (secondary N) is 2. The molecule has 2 aromatic rings. The SMILES string of the molecule is CN=C(NCCOc1ccc(OC)cc1)NCCS(=O)c1ccccc1. The molecule has 26 heavy (non-hydrogen) atoms. The van der Waals surface area contributed by atoms with Crippen LogP contribution in [0.25, 0.3) is 0 Å². The van der Waals surface area contributed by atoms with Crippen LogP contribution >= 0.6 is 0 Å². The smallest absolute Gasteiger partial charge is 0.191 e. The lowest BCUT2D eigenvalue weighted by Crippen LogP contribution is -2.40. The molecule has 1 atom stereocenters. The molecule has 0 amide bonds. The normalized spacial score (nSPS) is 12.3. The molecule has 0 aliphatic heterocycles. The van der Waals surface area contributed by atoms with E-state index in [1.807, 2.05) is 54.6 Å². The summed E-state index contributed by atoms with van der Waals surface area (Å²) in [5.41, 5.74) is 0. The average molecular weight is 375 g/mol. The molecule has 0 bridgehead atoms. The Morgan fingerprint density at radius 2 is 1.65 bits per heavy atom. The Balaban J connectivity index is 1.63. The Hall–Kier alpha value is -2.54. The van der Waals surface area contributed by atoms with Crippen LogP contribution in [0.1, 0.15) is 0 Å². The van der Waals surface area contributed by atoms with Crippen LogP contribution in [0.5, 0.6) is 11.5 Å². The zero-order chi connectivity index (χ0) is 18.6. The van der Waals surface area contributed by atoms with Crippen molar-refractivity contribution in [1.82, 2.24) is 10.6 Å². The molecule has 0 spiro atoms. The summed E-state index contributed by atoms with van der Waals surface area (Å²) >= 11 is 0. The van der Waals surface area contributed by atoms with E-state index in [2.05, 4.69) is 15.6 Å². The summed E-state index contributed by atoms with van der Waals surface area (Å²) < 4.78 is 22.9. The lowest BCUT2D eigenvalue weighted by Gasteiger charge is -2.12. The third kappa shape index (κ3) is 6.76. The maximum atomic E-state index is 12.2. The standard InChI is InChI=1S/C19H25N3O3S/c1-20-19(22-13-15-26(23)18-6-4-3-5-7-18)21-12-14-25-17-10-8-16(24-2)9-11-17/h3-11H,12-15H2,1-2H3,(H2,20,21,22). The number of methoxy groups -OCH3 is 1. The van der Waals surface area contributed by atoms with Crippen molar-refractivity contribution in [3.8, 4) is 11.5 Å². The Morgan fingerprint density at radius 3 is 2.31 bits per heavy atom. The van der Waals surface area contributed by atoms with Gasteiger partial charge in [-0.2, -0.15) is 0 Å². The minimum atomic E-state index is -1.02. The fourth-order valence-corrected chi connectivity index (χ4v) is 3.17. The molecule has 0 saturated heterocycles. The van der Waals surface area contributed by atoms with Gasteiger partial charge in [0.2, 0.25) is 0 Å². The lowest BCUT2D eigenvalue weighted by molar-refractivity contribution is 0.321. The molecule has 0 aliphatic rings. The first kappa shape index (κ1) is 19.8. The lowest BCUT2D eigenvalue weighted by atomic mass is 10.3. The van der Waals surface area contributed by atoms with Crippen LogP contribution in [-0.4, -0.2) is 49.8 Å². The second-order valence-corrected chi connectivity index (χ2v) is 6.88. The van der Waals surface area contributed by atoms with Crippen molar-refractivity contribution in [3.05, 3.63) is 54.6 Å². The highest BCUT2D eigenvalue weighted by Gasteiger charge is 2.04. The van der Waals surface area contributed by atoms with E-state index in [0.29, 0.717) is 31.4 Å². The van der Waals surface area contributed by atoms with Crippen LogP contribution in [0.15, 0.2) is 64.5 Å². The highest BCUT2D eigenvalue weighted by Crippen LogP contribution is 2.16. The van der Waals surface area contributed by atoms with E-state index >= 15 is 0 Å². The van der Waals surface area contributed by atoms with Gasteiger partial charge in [-0.25, -0.2) is 0 Å². The minimum Gasteiger partial charge on any atom is -0.497 e. The Bertz CT molecular complexity index is 706. The highest BCUT2D eigenvalue weighted by molar-refractivity contribution is 7.85. The van der Waals surface area contributed by atoms with Crippen molar-refractivity contribution in [1.29, 1.82) is 0 Å². The first-order chi connectivity index (χ1) is 12.7. The van der Waals surface area contributed by atoms with Gasteiger partial charge in [-0.3, -0.25) is 9.20 Å². The topological polar surface area (TPSA) is 72.0 Å². The van der Waals surface area contributed by atoms with Gasteiger partial charge in [-0.15, -0.1) is 0 Å². The van der Waals surface area contributed by atoms with E-state index in [4.69, 9.17) is 9.47 Å². The molecule has 2 N–H and O–H groups in total. The van der Waals surface area contributed by atoms with Gasteiger partial charge in [0, 0.05) is 24.2 Å². The Kier molecular flexibility index (Phi) is 8.48. The van der Waals surface area contributed by atoms with Crippen molar-refractivity contribution < 1.29 is 13.7 Å². The first-order valence-electron chi connectivity index (χ1n) is 8.37. The molecule has 2 rings (SSSR count). The van der Waals surface area contributed by atoms with Crippen LogP contribution in [0, 0.1) is 0 Å². The number of benzene rings is 2. The maximum Gasteiger partial charge on any atom is 0.191 e. The molecule has 0 saturated carbocycles. The van der Waals surface area contributed by atoms with Crippen molar-refractivity contribution >= 4 is 16.8 Å². The van der Waals surface area contributed by atoms with Crippen LogP contribution < -0.4 is 20.1 Å². The fraction of sp³-hybridized carbons (Fsp3) is 0.316. The van der Waals surface area contributed by atoms with E-state index in [0.717, 1.165) is 16.4 Å². The molecular weight excluding hydrogens is 350 g/mol. The van der Waals surface area contributed by atoms with E-state index in [1.54, 1.807) is 14.2 Å². The molecule has 140 valence electrons. The Morgan fingerprint density at radius 1 is 1.00 bits per heavy atom. The fourth-order valence-electron chi connectivity index (χ4n) is 2.18. The summed E-state index contributed by atoms with van der Waals surface area (Å²) in [7, 11) is 2.32. The maximum absolute atomic E-state index is 12.2. The van der Waals surface area contributed by atoms with Crippen LogP contribution in [0.3, 0.4) is 0 Å². The number of rotatable bonds is 9. The predicted molar refractivity (Wildman–Crippen MR) is 106 cm³/mol. The first-order valence-corrected chi connectivity index (χ1v) is 9.69. The number of nitrogens with zero attached hydrogens (tertiary/aromatic N) is 1. The van der Waals surface area contributed by atoms with Crippen molar-refractivity contribution in [2.24, 2.45) is 4.99 Å². The van der Waals surface area contributed by atoms with Gasteiger partial charge in [-0.1, -0.05) is 18.2 Å². The van der Waals surface area contributed by atoms with E-state index < -0.39 is 10.8 Å². The Labute approximate surface area is 157 Å².